The predicted molar refractivity (Wildman–Crippen MR) is 56.0 cm³/mol. The largest absolute Gasteiger partial charge is 0.471 e. The van der Waals surface area contributed by atoms with Gasteiger partial charge in [-0.05, 0) is 23.6 Å². The molecule has 1 aliphatic heterocycles. The zero-order chi connectivity index (χ0) is 12.6. The molecule has 0 aromatic heterocycles. The highest BCUT2D eigenvalue weighted by Gasteiger charge is 2.43. The summed E-state index contributed by atoms with van der Waals surface area (Å²) in [7, 11) is 0. The number of halogens is 3. The molecule has 1 aliphatic rings. The van der Waals surface area contributed by atoms with E-state index in [9.17, 15) is 18.0 Å². The molecule has 0 unspecified atom stereocenters. The van der Waals surface area contributed by atoms with Gasteiger partial charge in [0.25, 0.3) is 0 Å². The fraction of sp³-hybridized carbons (Fsp3) is 0.364. The normalized spacial score (nSPS) is 15.6. The van der Waals surface area contributed by atoms with Crippen molar-refractivity contribution in [3.8, 4) is 0 Å². The van der Waals surface area contributed by atoms with E-state index in [2.05, 4.69) is 0 Å². The molecule has 1 heterocycles. The molecule has 0 spiro atoms. The van der Waals surface area contributed by atoms with Gasteiger partial charge in [-0.25, -0.2) is 0 Å². The molecule has 0 atom stereocenters. The minimum absolute atomic E-state index is 0.0291. The van der Waals surface area contributed by atoms with Crippen LogP contribution in [0.3, 0.4) is 0 Å². The third kappa shape index (κ3) is 2.20. The average molecular weight is 244 g/mol. The third-order valence-corrected chi connectivity index (χ3v) is 2.83. The summed E-state index contributed by atoms with van der Waals surface area (Å²) in [4.78, 5) is 11.9. The molecule has 2 N–H and O–H groups in total. The fourth-order valence-corrected chi connectivity index (χ4v) is 1.99. The Morgan fingerprint density at radius 1 is 1.35 bits per heavy atom. The average Bonchev–Trinajstić information content (AvgIpc) is 2.26. The summed E-state index contributed by atoms with van der Waals surface area (Å²) >= 11 is 0. The van der Waals surface area contributed by atoms with Crippen LogP contribution >= 0.6 is 0 Å². The molecule has 1 aromatic carbocycles. The zero-order valence-corrected chi connectivity index (χ0v) is 8.92. The van der Waals surface area contributed by atoms with Crippen LogP contribution in [0.25, 0.3) is 0 Å². The standard InChI is InChI=1S/C11H11F3N2O/c12-11(13,14)10(17)16-5-4-8-7(6-16)2-1-3-9(8)15/h1-3H,4-6,15H2. The van der Waals surface area contributed by atoms with Crippen molar-refractivity contribution in [2.24, 2.45) is 0 Å². The summed E-state index contributed by atoms with van der Waals surface area (Å²) < 4.78 is 36.8. The maximum Gasteiger partial charge on any atom is 0.471 e. The van der Waals surface area contributed by atoms with Crippen molar-refractivity contribution in [3.63, 3.8) is 0 Å². The Kier molecular flexibility index (Phi) is 2.73. The van der Waals surface area contributed by atoms with Crippen molar-refractivity contribution in [3.05, 3.63) is 29.3 Å². The molecule has 0 aliphatic carbocycles. The summed E-state index contributed by atoms with van der Waals surface area (Å²) in [5.74, 6) is -1.79. The van der Waals surface area contributed by atoms with Gasteiger partial charge in [0.05, 0.1) is 0 Å². The van der Waals surface area contributed by atoms with Gasteiger partial charge >= 0.3 is 12.1 Å². The van der Waals surface area contributed by atoms with Crippen LogP contribution in [0.1, 0.15) is 11.1 Å². The van der Waals surface area contributed by atoms with Crippen LogP contribution in [0.5, 0.6) is 0 Å². The first-order valence-electron chi connectivity index (χ1n) is 5.12. The maximum atomic E-state index is 12.3. The number of rotatable bonds is 0. The Morgan fingerprint density at radius 3 is 2.71 bits per heavy atom. The van der Waals surface area contributed by atoms with Gasteiger partial charge in [0, 0.05) is 18.8 Å². The Balaban J connectivity index is 2.23. The van der Waals surface area contributed by atoms with Crippen LogP contribution in [-0.4, -0.2) is 23.5 Å². The van der Waals surface area contributed by atoms with Crippen molar-refractivity contribution in [1.29, 1.82) is 0 Å². The minimum atomic E-state index is -4.81. The number of carbonyl (C=O) groups excluding carboxylic acids is 1. The summed E-state index contributed by atoms with van der Waals surface area (Å²) in [5.41, 5.74) is 7.83. The second-order valence-electron chi connectivity index (χ2n) is 3.96. The van der Waals surface area contributed by atoms with Crippen molar-refractivity contribution >= 4 is 11.6 Å². The van der Waals surface area contributed by atoms with Crippen molar-refractivity contribution < 1.29 is 18.0 Å². The van der Waals surface area contributed by atoms with Crippen LogP contribution < -0.4 is 5.73 Å². The van der Waals surface area contributed by atoms with Gasteiger partial charge in [-0.2, -0.15) is 13.2 Å². The number of nitrogens with two attached hydrogens (primary N) is 1. The lowest BCUT2D eigenvalue weighted by Crippen LogP contribution is -2.43. The second kappa shape index (κ2) is 3.94. The van der Waals surface area contributed by atoms with Gasteiger partial charge in [0.1, 0.15) is 0 Å². The molecule has 0 fully saturated rings. The first kappa shape index (κ1) is 11.8. The topological polar surface area (TPSA) is 46.3 Å². The van der Waals surface area contributed by atoms with E-state index >= 15 is 0 Å². The summed E-state index contributed by atoms with van der Waals surface area (Å²) in [6.07, 6.45) is -4.44. The number of nitrogen functional groups attached to an aromatic ring is 1. The van der Waals surface area contributed by atoms with Crippen LogP contribution in [0.15, 0.2) is 18.2 Å². The van der Waals surface area contributed by atoms with Gasteiger partial charge < -0.3 is 10.6 Å². The van der Waals surface area contributed by atoms with Gasteiger partial charge in [-0.3, -0.25) is 4.79 Å². The van der Waals surface area contributed by atoms with Crippen molar-refractivity contribution in [1.82, 2.24) is 4.90 Å². The number of anilines is 1. The van der Waals surface area contributed by atoms with Gasteiger partial charge in [0.2, 0.25) is 0 Å². The fourth-order valence-electron chi connectivity index (χ4n) is 1.99. The lowest BCUT2D eigenvalue weighted by atomic mass is 9.98. The number of hydrogen-bond donors (Lipinski definition) is 1. The van der Waals surface area contributed by atoms with E-state index in [1.165, 1.54) is 0 Å². The van der Waals surface area contributed by atoms with E-state index in [1.807, 2.05) is 0 Å². The minimum Gasteiger partial charge on any atom is -0.398 e. The van der Waals surface area contributed by atoms with Crippen molar-refractivity contribution in [2.75, 3.05) is 12.3 Å². The maximum absolute atomic E-state index is 12.3. The zero-order valence-electron chi connectivity index (χ0n) is 8.92. The van der Waals surface area contributed by atoms with Crippen LogP contribution in [0, 0.1) is 0 Å². The molecule has 0 saturated heterocycles. The number of nitrogens with zero attached hydrogens (tertiary/aromatic N) is 1. The molecule has 6 heteroatoms. The molecule has 0 bridgehead atoms. The number of amides is 1. The SMILES string of the molecule is Nc1cccc2c1CCN(C(=O)C(F)(F)F)C2. The summed E-state index contributed by atoms with van der Waals surface area (Å²) in [5, 5.41) is 0. The smallest absolute Gasteiger partial charge is 0.398 e. The van der Waals surface area contributed by atoms with Gasteiger partial charge in [-0.15, -0.1) is 0 Å². The highest BCUT2D eigenvalue weighted by Crippen LogP contribution is 2.27. The first-order chi connectivity index (χ1) is 7.89. The Morgan fingerprint density at radius 2 is 2.06 bits per heavy atom. The van der Waals surface area contributed by atoms with Crippen LogP contribution in [0.2, 0.25) is 0 Å². The molecule has 1 amide bonds. The molecule has 92 valence electrons. The van der Waals surface area contributed by atoms with E-state index < -0.39 is 12.1 Å². The predicted octanol–water partition coefficient (Wildman–Crippen LogP) is 1.72. The van der Waals surface area contributed by atoms with E-state index in [-0.39, 0.29) is 13.1 Å². The lowest BCUT2D eigenvalue weighted by Gasteiger charge is -2.30. The Hall–Kier alpha value is -1.72. The van der Waals surface area contributed by atoms with E-state index in [1.54, 1.807) is 18.2 Å². The van der Waals surface area contributed by atoms with Gasteiger partial charge in [0.15, 0.2) is 0 Å². The molecule has 1 aromatic rings. The molecule has 3 nitrogen and oxygen atoms in total. The van der Waals surface area contributed by atoms with E-state index in [0.29, 0.717) is 17.7 Å². The highest BCUT2D eigenvalue weighted by atomic mass is 19.4. The van der Waals surface area contributed by atoms with E-state index in [0.717, 1.165) is 10.5 Å². The number of fused-ring (bicyclic) bond motifs is 1. The lowest BCUT2D eigenvalue weighted by molar-refractivity contribution is -0.186. The monoisotopic (exact) mass is 244 g/mol. The molecular formula is C11H11F3N2O. The quantitative estimate of drug-likeness (QED) is 0.706. The molecule has 2 rings (SSSR count). The number of carbonyl (C=O) groups is 1. The molecular weight excluding hydrogens is 233 g/mol. The Labute approximate surface area is 96.0 Å². The van der Waals surface area contributed by atoms with Gasteiger partial charge in [-0.1, -0.05) is 12.1 Å². The van der Waals surface area contributed by atoms with Crippen LogP contribution in [-0.2, 0) is 17.8 Å². The molecule has 0 saturated carbocycles. The molecule has 0 radical (unpaired) electrons. The number of benzene rings is 1. The van der Waals surface area contributed by atoms with Crippen LogP contribution in [0.4, 0.5) is 18.9 Å². The number of hydrogen-bond acceptors (Lipinski definition) is 2. The summed E-state index contributed by atoms with van der Waals surface area (Å²) in [6, 6.07) is 5.08. The highest BCUT2D eigenvalue weighted by molar-refractivity contribution is 5.82. The second-order valence-corrected chi connectivity index (χ2v) is 3.96. The van der Waals surface area contributed by atoms with E-state index in [4.69, 9.17) is 5.73 Å². The van der Waals surface area contributed by atoms with Crippen molar-refractivity contribution in [2.45, 2.75) is 19.1 Å². The third-order valence-electron chi connectivity index (χ3n) is 2.83. The first-order valence-corrected chi connectivity index (χ1v) is 5.12. The Bertz CT molecular complexity index is 457. The number of alkyl halides is 3. The molecule has 17 heavy (non-hydrogen) atoms. The summed E-state index contributed by atoms with van der Waals surface area (Å²) in [6.45, 7) is 0.0261.